The van der Waals surface area contributed by atoms with Crippen LogP contribution >= 0.6 is 0 Å². The van der Waals surface area contributed by atoms with Crippen LogP contribution < -0.4 is 0 Å². The molecule has 0 unspecified atom stereocenters. The molecule has 0 aromatic heterocycles. The zero-order valence-corrected chi connectivity index (χ0v) is 13.0. The molecule has 0 spiro atoms. The Balaban J connectivity index is 2.29. The van der Waals surface area contributed by atoms with Crippen molar-refractivity contribution in [2.45, 2.75) is 45.4 Å². The second-order valence-corrected chi connectivity index (χ2v) is 6.57. The van der Waals surface area contributed by atoms with E-state index in [2.05, 4.69) is 13.8 Å². The maximum Gasteiger partial charge on any atom is 0.228 e. The van der Waals surface area contributed by atoms with Crippen LogP contribution in [-0.4, -0.2) is 18.7 Å². The predicted octanol–water partition coefficient (Wildman–Crippen LogP) is 3.60. The fourth-order valence-corrected chi connectivity index (χ4v) is 3.66. The number of carbonyl (C=O) groups is 2. The highest BCUT2D eigenvalue weighted by Crippen LogP contribution is 2.41. The summed E-state index contributed by atoms with van der Waals surface area (Å²) in [6, 6.07) is 3.82. The van der Waals surface area contributed by atoms with Crippen molar-refractivity contribution in [3.63, 3.8) is 0 Å². The normalized spacial score (nSPS) is 20.2. The highest BCUT2D eigenvalue weighted by atomic mass is 16.5. The van der Waals surface area contributed by atoms with Gasteiger partial charge in [-0.3, -0.25) is 9.59 Å². The summed E-state index contributed by atoms with van der Waals surface area (Å²) in [6.45, 7) is 6.08. The summed E-state index contributed by atoms with van der Waals surface area (Å²) in [5.74, 6) is -0.0469. The van der Waals surface area contributed by atoms with Gasteiger partial charge in [-0.25, -0.2) is 0 Å². The van der Waals surface area contributed by atoms with Crippen molar-refractivity contribution in [2.24, 2.45) is 0 Å². The average molecular weight is 284 g/mol. The van der Waals surface area contributed by atoms with Gasteiger partial charge in [0.1, 0.15) is 0 Å². The van der Waals surface area contributed by atoms with Gasteiger partial charge in [-0.15, -0.1) is 0 Å². The molecule has 1 aromatic rings. The molecule has 2 aliphatic carbocycles. The van der Waals surface area contributed by atoms with Crippen molar-refractivity contribution in [3.8, 4) is 0 Å². The number of allylic oxidation sites excluding steroid dienone is 2. The second-order valence-electron chi connectivity index (χ2n) is 6.57. The lowest BCUT2D eigenvalue weighted by Crippen LogP contribution is -2.30. The highest BCUT2D eigenvalue weighted by Gasteiger charge is 2.37. The topological polar surface area (TPSA) is 43.4 Å². The molecule has 0 saturated heterocycles. The Morgan fingerprint density at radius 1 is 1.14 bits per heavy atom. The molecule has 0 aliphatic heterocycles. The number of carbonyl (C=O) groups excluding carboxylic acids is 2. The van der Waals surface area contributed by atoms with E-state index in [1.54, 1.807) is 13.0 Å². The van der Waals surface area contributed by atoms with Crippen LogP contribution in [0.15, 0.2) is 23.5 Å². The molecule has 0 heterocycles. The van der Waals surface area contributed by atoms with Crippen LogP contribution in [0.1, 0.15) is 65.5 Å². The van der Waals surface area contributed by atoms with Gasteiger partial charge in [0.2, 0.25) is 5.78 Å². The first-order valence-corrected chi connectivity index (χ1v) is 7.39. The van der Waals surface area contributed by atoms with Crippen LogP contribution in [0.2, 0.25) is 0 Å². The number of hydrogen-bond acceptors (Lipinski definition) is 3. The fraction of sp³-hybridized carbons (Fsp3) is 0.444. The Bertz CT molecular complexity index is 693. The number of ketones is 2. The molecule has 0 saturated carbocycles. The number of ether oxygens (including phenoxy) is 1. The third kappa shape index (κ3) is 1.87. The molecule has 21 heavy (non-hydrogen) atoms. The molecule has 110 valence electrons. The summed E-state index contributed by atoms with van der Waals surface area (Å²) < 4.78 is 5.14. The lowest BCUT2D eigenvalue weighted by atomic mass is 9.69. The van der Waals surface area contributed by atoms with E-state index in [1.807, 2.05) is 6.07 Å². The Labute approximate surface area is 125 Å². The molecule has 3 nitrogen and oxygen atoms in total. The molecule has 0 radical (unpaired) electrons. The Morgan fingerprint density at radius 3 is 2.52 bits per heavy atom. The lowest BCUT2D eigenvalue weighted by Gasteiger charge is -2.35. The summed E-state index contributed by atoms with van der Waals surface area (Å²) in [7, 11) is 1.44. The lowest BCUT2D eigenvalue weighted by molar-refractivity contribution is 0.0905. The average Bonchev–Trinajstić information content (AvgIpc) is 2.44. The van der Waals surface area contributed by atoms with Gasteiger partial charge in [0, 0.05) is 16.7 Å². The molecule has 0 fully saturated rings. The Morgan fingerprint density at radius 2 is 1.86 bits per heavy atom. The van der Waals surface area contributed by atoms with Crippen LogP contribution in [0.4, 0.5) is 0 Å². The molecule has 3 heteroatoms. The smallest absolute Gasteiger partial charge is 0.228 e. The van der Waals surface area contributed by atoms with Gasteiger partial charge in [0.15, 0.2) is 11.5 Å². The van der Waals surface area contributed by atoms with Crippen molar-refractivity contribution in [1.29, 1.82) is 0 Å². The van der Waals surface area contributed by atoms with E-state index in [0.717, 1.165) is 24.8 Å². The largest absolute Gasteiger partial charge is 0.492 e. The second kappa shape index (κ2) is 4.55. The molecule has 0 bridgehead atoms. The van der Waals surface area contributed by atoms with E-state index >= 15 is 0 Å². The zero-order chi connectivity index (χ0) is 15.4. The minimum absolute atomic E-state index is 0.0593. The molecular formula is C18H20O3. The van der Waals surface area contributed by atoms with E-state index in [1.165, 1.54) is 12.7 Å². The maximum absolute atomic E-state index is 12.7. The molecule has 0 N–H and O–H groups in total. The maximum atomic E-state index is 12.7. The van der Waals surface area contributed by atoms with Crippen molar-refractivity contribution in [1.82, 2.24) is 0 Å². The quantitative estimate of drug-likeness (QED) is 0.791. The van der Waals surface area contributed by atoms with E-state index in [9.17, 15) is 9.59 Å². The van der Waals surface area contributed by atoms with Crippen molar-refractivity contribution >= 4 is 11.6 Å². The molecule has 3 rings (SSSR count). The fourth-order valence-electron chi connectivity index (χ4n) is 3.66. The first-order chi connectivity index (χ1) is 9.88. The van der Waals surface area contributed by atoms with Gasteiger partial charge in [0.05, 0.1) is 7.11 Å². The third-order valence-corrected chi connectivity index (χ3v) is 4.83. The van der Waals surface area contributed by atoms with Gasteiger partial charge in [-0.05, 0) is 48.8 Å². The van der Waals surface area contributed by atoms with Crippen LogP contribution in [0, 0.1) is 0 Å². The summed E-state index contributed by atoms with van der Waals surface area (Å²) >= 11 is 0. The van der Waals surface area contributed by atoms with Gasteiger partial charge in [0.25, 0.3) is 0 Å². The molecule has 0 amide bonds. The van der Waals surface area contributed by atoms with Crippen molar-refractivity contribution < 1.29 is 14.3 Å². The van der Waals surface area contributed by atoms with E-state index in [0.29, 0.717) is 16.7 Å². The SMILES string of the molecule is COC1=C(C)C(=O)c2c(ccc3c2CCCC3(C)C)C1=O. The van der Waals surface area contributed by atoms with Gasteiger partial charge in [-0.2, -0.15) is 0 Å². The van der Waals surface area contributed by atoms with E-state index < -0.39 is 0 Å². The number of Topliss-reactive ketones (excluding diaryl/α,β-unsaturated/α-hetero) is 2. The molecule has 1 aromatic carbocycles. The highest BCUT2D eigenvalue weighted by molar-refractivity contribution is 6.26. The summed E-state index contributed by atoms with van der Waals surface area (Å²) in [6.07, 6.45) is 3.04. The zero-order valence-electron chi connectivity index (χ0n) is 13.0. The summed E-state index contributed by atoms with van der Waals surface area (Å²) in [5.41, 5.74) is 3.87. The van der Waals surface area contributed by atoms with Crippen LogP contribution in [-0.2, 0) is 16.6 Å². The molecular weight excluding hydrogens is 264 g/mol. The van der Waals surface area contributed by atoms with Crippen LogP contribution in [0.25, 0.3) is 0 Å². The number of rotatable bonds is 1. The van der Waals surface area contributed by atoms with Gasteiger partial charge in [-0.1, -0.05) is 19.9 Å². The number of fused-ring (bicyclic) bond motifs is 3. The Hall–Kier alpha value is -1.90. The summed E-state index contributed by atoms with van der Waals surface area (Å²) in [4.78, 5) is 25.2. The third-order valence-electron chi connectivity index (χ3n) is 4.83. The standard InChI is InChI=1S/C18H20O3/c1-10-15(19)14-11-6-5-9-18(2,3)13(11)8-7-12(14)16(20)17(10)21-4/h7-8H,5-6,9H2,1-4H3. The van der Waals surface area contributed by atoms with Crippen molar-refractivity contribution in [2.75, 3.05) is 7.11 Å². The first-order valence-electron chi connectivity index (χ1n) is 7.39. The van der Waals surface area contributed by atoms with E-state index in [-0.39, 0.29) is 22.7 Å². The predicted molar refractivity (Wildman–Crippen MR) is 80.8 cm³/mol. The minimum atomic E-state index is -0.171. The van der Waals surface area contributed by atoms with Crippen LogP contribution in [0.5, 0.6) is 0 Å². The first kappa shape index (κ1) is 14.1. The summed E-state index contributed by atoms with van der Waals surface area (Å²) in [5, 5.41) is 0. The van der Waals surface area contributed by atoms with E-state index in [4.69, 9.17) is 4.74 Å². The minimum Gasteiger partial charge on any atom is -0.492 e. The number of methoxy groups -OCH3 is 1. The monoisotopic (exact) mass is 284 g/mol. The van der Waals surface area contributed by atoms with Gasteiger partial charge < -0.3 is 4.74 Å². The van der Waals surface area contributed by atoms with Crippen molar-refractivity contribution in [3.05, 3.63) is 45.7 Å². The molecule has 2 aliphatic rings. The number of hydrogen-bond donors (Lipinski definition) is 0. The molecule has 0 atom stereocenters. The van der Waals surface area contributed by atoms with Gasteiger partial charge >= 0.3 is 0 Å². The Kier molecular flexibility index (Phi) is 3.05. The number of benzene rings is 1. The van der Waals surface area contributed by atoms with Crippen LogP contribution in [0.3, 0.4) is 0 Å².